The van der Waals surface area contributed by atoms with E-state index in [1.807, 2.05) is 0 Å². The van der Waals surface area contributed by atoms with Crippen LogP contribution in [0.2, 0.25) is 0 Å². The van der Waals surface area contributed by atoms with Gasteiger partial charge in [0.1, 0.15) is 11.6 Å². The molecule has 17 heavy (non-hydrogen) atoms. The minimum atomic E-state index is -0.685. The van der Waals surface area contributed by atoms with Crippen molar-refractivity contribution >= 4 is 6.16 Å². The Labute approximate surface area is 97.6 Å². The minimum absolute atomic E-state index is 0.152. The predicted molar refractivity (Wildman–Crippen MR) is 56.6 cm³/mol. The van der Waals surface area contributed by atoms with E-state index < -0.39 is 6.16 Å². The zero-order valence-corrected chi connectivity index (χ0v) is 9.02. The third kappa shape index (κ3) is 3.57. The van der Waals surface area contributed by atoms with Gasteiger partial charge in [-0.2, -0.15) is 0 Å². The van der Waals surface area contributed by atoms with E-state index in [1.165, 1.54) is 12.1 Å². The number of ether oxygens (including phenoxy) is 3. The molecule has 0 unspecified atom stereocenters. The van der Waals surface area contributed by atoms with Gasteiger partial charge in [0.05, 0.1) is 13.2 Å². The number of carbonyl (C=O) groups excluding carboxylic acids is 1. The van der Waals surface area contributed by atoms with Crippen LogP contribution in [0.5, 0.6) is 0 Å². The predicted octanol–water partition coefficient (Wildman–Crippen LogP) is 2.39. The topological polar surface area (TPSA) is 44.8 Å². The Morgan fingerprint density at radius 1 is 1.35 bits per heavy atom. The van der Waals surface area contributed by atoms with E-state index in [4.69, 9.17) is 9.47 Å². The van der Waals surface area contributed by atoms with Crippen LogP contribution in [0.1, 0.15) is 5.56 Å². The first kappa shape index (κ1) is 11.6. The van der Waals surface area contributed by atoms with E-state index in [0.29, 0.717) is 19.0 Å². The number of carbonyl (C=O) groups is 1. The molecule has 0 radical (unpaired) electrons. The van der Waals surface area contributed by atoms with Gasteiger partial charge in [-0.05, 0) is 23.8 Å². The second kappa shape index (κ2) is 5.45. The molecule has 0 aromatic heterocycles. The fourth-order valence-corrected chi connectivity index (χ4v) is 1.31. The van der Waals surface area contributed by atoms with E-state index in [0.717, 1.165) is 5.56 Å². The summed E-state index contributed by atoms with van der Waals surface area (Å²) in [5.74, 6) is 0.181. The van der Waals surface area contributed by atoms with Gasteiger partial charge >= 0.3 is 6.16 Å². The monoisotopic (exact) mass is 238 g/mol. The highest BCUT2D eigenvalue weighted by molar-refractivity contribution is 5.64. The highest BCUT2D eigenvalue weighted by Crippen LogP contribution is 2.10. The molecule has 0 N–H and O–H groups in total. The first-order chi connectivity index (χ1) is 8.24. The van der Waals surface area contributed by atoms with Gasteiger partial charge < -0.3 is 14.2 Å². The molecule has 0 atom stereocenters. The van der Waals surface area contributed by atoms with Crippen molar-refractivity contribution in [3.05, 3.63) is 47.5 Å². The normalized spacial score (nSPS) is 17.0. The second-order valence-corrected chi connectivity index (χ2v) is 3.45. The molecule has 0 spiro atoms. The summed E-state index contributed by atoms with van der Waals surface area (Å²) in [5, 5.41) is 0. The lowest BCUT2D eigenvalue weighted by atomic mass is 10.2. The zero-order valence-electron chi connectivity index (χ0n) is 9.02. The molecule has 1 aromatic carbocycles. The maximum atomic E-state index is 12.6. The van der Waals surface area contributed by atoms with Crippen LogP contribution < -0.4 is 0 Å². The van der Waals surface area contributed by atoms with Crippen LogP contribution in [-0.4, -0.2) is 19.4 Å². The van der Waals surface area contributed by atoms with E-state index in [1.54, 1.807) is 18.2 Å². The van der Waals surface area contributed by atoms with Gasteiger partial charge in [-0.3, -0.25) is 0 Å². The Morgan fingerprint density at radius 2 is 2.12 bits per heavy atom. The standard InChI is InChI=1S/C12H11FO4/c13-10-3-1-9(2-4-10)7-15-6-5-11-8-16-12(14)17-11/h1-5H,6-8H2/b11-5+. The Kier molecular flexibility index (Phi) is 3.72. The molecule has 0 amide bonds. The highest BCUT2D eigenvalue weighted by Gasteiger charge is 2.17. The molecule has 1 heterocycles. The molecule has 1 saturated heterocycles. The van der Waals surface area contributed by atoms with Gasteiger partial charge in [-0.1, -0.05) is 12.1 Å². The van der Waals surface area contributed by atoms with Gasteiger partial charge in [-0.15, -0.1) is 0 Å². The summed E-state index contributed by atoms with van der Waals surface area (Å²) >= 11 is 0. The van der Waals surface area contributed by atoms with Crippen LogP contribution in [0.15, 0.2) is 36.1 Å². The summed E-state index contributed by atoms with van der Waals surface area (Å²) in [4.78, 5) is 10.6. The van der Waals surface area contributed by atoms with Crippen LogP contribution in [0.4, 0.5) is 9.18 Å². The summed E-state index contributed by atoms with van der Waals surface area (Å²) in [7, 11) is 0. The van der Waals surface area contributed by atoms with Crippen molar-refractivity contribution in [3.63, 3.8) is 0 Å². The zero-order chi connectivity index (χ0) is 12.1. The first-order valence-electron chi connectivity index (χ1n) is 5.10. The van der Waals surface area contributed by atoms with E-state index in [2.05, 4.69) is 4.74 Å². The largest absolute Gasteiger partial charge is 0.514 e. The fraction of sp³-hybridized carbons (Fsp3) is 0.250. The molecule has 2 rings (SSSR count). The fourth-order valence-electron chi connectivity index (χ4n) is 1.31. The van der Waals surface area contributed by atoms with Crippen molar-refractivity contribution in [3.8, 4) is 0 Å². The van der Waals surface area contributed by atoms with Crippen molar-refractivity contribution in [2.24, 2.45) is 0 Å². The Bertz CT molecular complexity index is 425. The van der Waals surface area contributed by atoms with Crippen LogP contribution in [0.3, 0.4) is 0 Å². The van der Waals surface area contributed by atoms with Crippen LogP contribution in [0, 0.1) is 5.82 Å². The number of halogens is 1. The molecule has 5 heteroatoms. The number of benzene rings is 1. The van der Waals surface area contributed by atoms with Gasteiger partial charge in [0.15, 0.2) is 6.61 Å². The Balaban J connectivity index is 1.73. The molecule has 1 aliphatic heterocycles. The molecule has 0 saturated carbocycles. The van der Waals surface area contributed by atoms with Crippen LogP contribution >= 0.6 is 0 Å². The molecular weight excluding hydrogens is 227 g/mol. The van der Waals surface area contributed by atoms with E-state index in [-0.39, 0.29) is 12.4 Å². The maximum absolute atomic E-state index is 12.6. The average Bonchev–Trinajstić information content (AvgIpc) is 2.73. The third-order valence-corrected chi connectivity index (χ3v) is 2.16. The first-order valence-corrected chi connectivity index (χ1v) is 5.10. The molecule has 0 aliphatic carbocycles. The number of hydrogen-bond acceptors (Lipinski definition) is 4. The lowest BCUT2D eigenvalue weighted by molar-refractivity contribution is 0.134. The number of rotatable bonds is 4. The summed E-state index contributed by atoms with van der Waals surface area (Å²) in [5.41, 5.74) is 0.879. The van der Waals surface area contributed by atoms with Gasteiger partial charge in [0.2, 0.25) is 0 Å². The van der Waals surface area contributed by atoms with Crippen molar-refractivity contribution in [2.45, 2.75) is 6.61 Å². The Morgan fingerprint density at radius 3 is 2.76 bits per heavy atom. The molecule has 4 nitrogen and oxygen atoms in total. The molecule has 1 aliphatic rings. The summed E-state index contributed by atoms with van der Waals surface area (Å²) < 4.78 is 27.2. The molecule has 90 valence electrons. The smallest absolute Gasteiger partial charge is 0.426 e. The SMILES string of the molecule is O=C1OC/C(=C\COCc2ccc(F)cc2)O1. The van der Waals surface area contributed by atoms with E-state index in [9.17, 15) is 9.18 Å². The third-order valence-electron chi connectivity index (χ3n) is 2.16. The van der Waals surface area contributed by atoms with Crippen LogP contribution in [-0.2, 0) is 20.8 Å². The minimum Gasteiger partial charge on any atom is -0.426 e. The van der Waals surface area contributed by atoms with Crippen molar-refractivity contribution in [1.29, 1.82) is 0 Å². The van der Waals surface area contributed by atoms with Crippen molar-refractivity contribution in [2.75, 3.05) is 13.2 Å². The molecular formula is C12H11FO4. The second-order valence-electron chi connectivity index (χ2n) is 3.45. The number of cyclic esters (lactones) is 2. The molecule has 1 aromatic rings. The van der Waals surface area contributed by atoms with Crippen LogP contribution in [0.25, 0.3) is 0 Å². The van der Waals surface area contributed by atoms with Crippen molar-refractivity contribution in [1.82, 2.24) is 0 Å². The lowest BCUT2D eigenvalue weighted by Gasteiger charge is -2.01. The average molecular weight is 238 g/mol. The van der Waals surface area contributed by atoms with E-state index >= 15 is 0 Å². The van der Waals surface area contributed by atoms with Gasteiger partial charge in [0, 0.05) is 0 Å². The Hall–Kier alpha value is -1.88. The summed E-state index contributed by atoms with van der Waals surface area (Å²) in [6.07, 6.45) is 0.948. The van der Waals surface area contributed by atoms with Crippen molar-refractivity contribution < 1.29 is 23.4 Å². The molecule has 0 bridgehead atoms. The summed E-state index contributed by atoms with van der Waals surface area (Å²) in [6, 6.07) is 6.07. The number of hydrogen-bond donors (Lipinski definition) is 0. The quantitative estimate of drug-likeness (QED) is 0.596. The maximum Gasteiger partial charge on any atom is 0.514 e. The molecule has 1 fully saturated rings. The highest BCUT2D eigenvalue weighted by atomic mass is 19.1. The van der Waals surface area contributed by atoms with Gasteiger partial charge in [-0.25, -0.2) is 9.18 Å². The lowest BCUT2D eigenvalue weighted by Crippen LogP contribution is -1.95. The van der Waals surface area contributed by atoms with Gasteiger partial charge in [0.25, 0.3) is 0 Å². The summed E-state index contributed by atoms with van der Waals surface area (Å²) in [6.45, 7) is 0.834.